The zero-order chi connectivity index (χ0) is 15.4. The Labute approximate surface area is 128 Å². The number of benzene rings is 2. The van der Waals surface area contributed by atoms with Crippen molar-refractivity contribution in [3.8, 4) is 22.4 Å². The van der Waals surface area contributed by atoms with Crippen LogP contribution in [-0.4, -0.2) is 21.5 Å². The Morgan fingerprint density at radius 2 is 1.45 bits per heavy atom. The number of hydrogen-bond acceptors (Lipinski definition) is 3. The van der Waals surface area contributed by atoms with Crippen LogP contribution in [0.25, 0.3) is 22.4 Å². The maximum absolute atomic E-state index is 11.6. The summed E-state index contributed by atoms with van der Waals surface area (Å²) in [5.74, 6) is 0. The van der Waals surface area contributed by atoms with Crippen molar-refractivity contribution in [2.24, 2.45) is 0 Å². The lowest BCUT2D eigenvalue weighted by Crippen LogP contribution is -2.23. The highest BCUT2D eigenvalue weighted by molar-refractivity contribution is 5.68. The van der Waals surface area contributed by atoms with Gasteiger partial charge in [0, 0.05) is 11.6 Å². The third kappa shape index (κ3) is 2.97. The fraction of sp³-hybridized carbons (Fsp3) is 0.111. The fourth-order valence-corrected chi connectivity index (χ4v) is 2.32. The third-order valence-corrected chi connectivity index (χ3v) is 3.47. The minimum Gasteiger partial charge on any atom is -0.394 e. The van der Waals surface area contributed by atoms with Crippen molar-refractivity contribution in [1.82, 2.24) is 9.78 Å². The van der Waals surface area contributed by atoms with Gasteiger partial charge >= 0.3 is 0 Å². The molecule has 3 rings (SSSR count). The molecule has 0 fully saturated rings. The van der Waals surface area contributed by atoms with Crippen LogP contribution in [0.2, 0.25) is 0 Å². The molecule has 0 saturated heterocycles. The molecule has 0 bridgehead atoms. The average molecular weight is 292 g/mol. The van der Waals surface area contributed by atoms with Gasteiger partial charge in [-0.3, -0.25) is 4.79 Å². The molecule has 0 aliphatic rings. The molecular weight excluding hydrogens is 276 g/mol. The second-order valence-electron chi connectivity index (χ2n) is 4.95. The van der Waals surface area contributed by atoms with Crippen LogP contribution < -0.4 is 5.56 Å². The summed E-state index contributed by atoms with van der Waals surface area (Å²) in [6, 6.07) is 21.4. The van der Waals surface area contributed by atoms with Crippen LogP contribution >= 0.6 is 0 Å². The number of nitrogens with zero attached hydrogens (tertiary/aromatic N) is 2. The van der Waals surface area contributed by atoms with Gasteiger partial charge in [-0.05, 0) is 17.2 Å². The van der Waals surface area contributed by atoms with Crippen molar-refractivity contribution >= 4 is 0 Å². The van der Waals surface area contributed by atoms with E-state index in [4.69, 9.17) is 5.11 Å². The van der Waals surface area contributed by atoms with Crippen molar-refractivity contribution in [2.45, 2.75) is 6.54 Å². The summed E-state index contributed by atoms with van der Waals surface area (Å²) in [6.45, 7) is 0.0953. The number of aliphatic hydroxyl groups is 1. The first kappa shape index (κ1) is 14.2. The van der Waals surface area contributed by atoms with Crippen LogP contribution in [-0.2, 0) is 6.54 Å². The largest absolute Gasteiger partial charge is 0.394 e. The van der Waals surface area contributed by atoms with Gasteiger partial charge in [-0.25, -0.2) is 4.68 Å². The smallest absolute Gasteiger partial charge is 0.266 e. The molecule has 3 aromatic rings. The van der Waals surface area contributed by atoms with Crippen LogP contribution in [0.1, 0.15) is 0 Å². The van der Waals surface area contributed by atoms with Gasteiger partial charge in [0.1, 0.15) is 0 Å². The number of aliphatic hydroxyl groups excluding tert-OH is 1. The summed E-state index contributed by atoms with van der Waals surface area (Å²) in [5.41, 5.74) is 3.73. The SMILES string of the molecule is O=c1ccc(-c2ccc(-c3ccccc3)cc2)nn1CCO. The van der Waals surface area contributed by atoms with Gasteiger partial charge in [-0.2, -0.15) is 5.10 Å². The van der Waals surface area contributed by atoms with Crippen LogP contribution in [0, 0.1) is 0 Å². The summed E-state index contributed by atoms with van der Waals surface area (Å²) in [4.78, 5) is 11.6. The predicted molar refractivity (Wildman–Crippen MR) is 86.5 cm³/mol. The van der Waals surface area contributed by atoms with E-state index in [2.05, 4.69) is 17.2 Å². The number of rotatable bonds is 4. The van der Waals surface area contributed by atoms with E-state index in [0.29, 0.717) is 5.69 Å². The summed E-state index contributed by atoms with van der Waals surface area (Å²) < 4.78 is 1.28. The minimum absolute atomic E-state index is 0.108. The predicted octanol–water partition coefficient (Wildman–Crippen LogP) is 2.57. The Morgan fingerprint density at radius 1 is 0.818 bits per heavy atom. The van der Waals surface area contributed by atoms with Crippen molar-refractivity contribution < 1.29 is 5.11 Å². The minimum atomic E-state index is -0.210. The topological polar surface area (TPSA) is 55.1 Å². The molecule has 4 nitrogen and oxygen atoms in total. The number of aromatic nitrogens is 2. The van der Waals surface area contributed by atoms with E-state index >= 15 is 0 Å². The van der Waals surface area contributed by atoms with Gasteiger partial charge in [0.2, 0.25) is 0 Å². The molecule has 1 heterocycles. The van der Waals surface area contributed by atoms with E-state index in [0.717, 1.165) is 16.7 Å². The molecular formula is C18H16N2O2. The molecule has 0 spiro atoms. The zero-order valence-corrected chi connectivity index (χ0v) is 12.0. The van der Waals surface area contributed by atoms with Gasteiger partial charge in [-0.1, -0.05) is 54.6 Å². The molecule has 1 N–H and O–H groups in total. The van der Waals surface area contributed by atoms with E-state index in [1.807, 2.05) is 42.5 Å². The highest BCUT2D eigenvalue weighted by atomic mass is 16.3. The maximum Gasteiger partial charge on any atom is 0.266 e. The van der Waals surface area contributed by atoms with Gasteiger partial charge < -0.3 is 5.11 Å². The van der Waals surface area contributed by atoms with Crippen molar-refractivity contribution in [3.05, 3.63) is 77.1 Å². The molecule has 0 unspecified atom stereocenters. The second kappa shape index (κ2) is 6.37. The van der Waals surface area contributed by atoms with Crippen LogP contribution in [0.15, 0.2) is 71.5 Å². The molecule has 0 amide bonds. The number of hydrogen-bond donors (Lipinski definition) is 1. The van der Waals surface area contributed by atoms with Gasteiger partial charge in [0.15, 0.2) is 0 Å². The van der Waals surface area contributed by atoms with E-state index in [9.17, 15) is 4.79 Å². The van der Waals surface area contributed by atoms with Crippen molar-refractivity contribution in [2.75, 3.05) is 6.61 Å². The average Bonchev–Trinajstić information content (AvgIpc) is 2.58. The Morgan fingerprint density at radius 3 is 2.14 bits per heavy atom. The first-order chi connectivity index (χ1) is 10.8. The zero-order valence-electron chi connectivity index (χ0n) is 12.0. The molecule has 0 atom stereocenters. The second-order valence-corrected chi connectivity index (χ2v) is 4.95. The van der Waals surface area contributed by atoms with Gasteiger partial charge in [0.05, 0.1) is 18.8 Å². The maximum atomic E-state index is 11.6. The van der Waals surface area contributed by atoms with Crippen LogP contribution in [0.3, 0.4) is 0 Å². The summed E-state index contributed by atoms with van der Waals surface area (Å²) in [5, 5.41) is 13.2. The first-order valence-electron chi connectivity index (χ1n) is 7.13. The molecule has 0 aliphatic carbocycles. The lowest BCUT2D eigenvalue weighted by molar-refractivity contribution is 0.266. The van der Waals surface area contributed by atoms with Gasteiger partial charge in [0.25, 0.3) is 5.56 Å². The Balaban J connectivity index is 1.93. The molecule has 110 valence electrons. The van der Waals surface area contributed by atoms with E-state index in [1.54, 1.807) is 6.07 Å². The highest BCUT2D eigenvalue weighted by Gasteiger charge is 2.04. The molecule has 0 radical (unpaired) electrons. The van der Waals surface area contributed by atoms with Crippen LogP contribution in [0.5, 0.6) is 0 Å². The molecule has 2 aromatic carbocycles. The summed E-state index contributed by atoms with van der Waals surface area (Å²) in [7, 11) is 0. The lowest BCUT2D eigenvalue weighted by atomic mass is 10.0. The standard InChI is InChI=1S/C18H16N2O2/c21-13-12-20-18(22)11-10-17(19-20)16-8-6-15(7-9-16)14-4-2-1-3-5-14/h1-11,21H,12-13H2. The molecule has 0 saturated carbocycles. The third-order valence-electron chi connectivity index (χ3n) is 3.47. The van der Waals surface area contributed by atoms with Gasteiger partial charge in [-0.15, -0.1) is 0 Å². The van der Waals surface area contributed by atoms with Crippen molar-refractivity contribution in [3.63, 3.8) is 0 Å². The molecule has 22 heavy (non-hydrogen) atoms. The first-order valence-corrected chi connectivity index (χ1v) is 7.13. The molecule has 1 aromatic heterocycles. The quantitative estimate of drug-likeness (QED) is 0.804. The molecule has 4 heteroatoms. The normalized spacial score (nSPS) is 10.6. The van der Waals surface area contributed by atoms with E-state index in [1.165, 1.54) is 10.7 Å². The monoisotopic (exact) mass is 292 g/mol. The summed E-state index contributed by atoms with van der Waals surface area (Å²) in [6.07, 6.45) is 0. The Bertz CT molecular complexity index is 808. The fourth-order valence-electron chi connectivity index (χ4n) is 2.32. The van der Waals surface area contributed by atoms with Crippen LogP contribution in [0.4, 0.5) is 0 Å². The highest BCUT2D eigenvalue weighted by Crippen LogP contribution is 2.23. The molecule has 0 aliphatic heterocycles. The van der Waals surface area contributed by atoms with E-state index < -0.39 is 0 Å². The van der Waals surface area contributed by atoms with Crippen molar-refractivity contribution in [1.29, 1.82) is 0 Å². The van der Waals surface area contributed by atoms with E-state index in [-0.39, 0.29) is 18.7 Å². The summed E-state index contributed by atoms with van der Waals surface area (Å²) >= 11 is 0. The Hall–Kier alpha value is -2.72. The Kier molecular flexibility index (Phi) is 4.12. The lowest BCUT2D eigenvalue weighted by Gasteiger charge is -2.07.